The second-order valence-corrected chi connectivity index (χ2v) is 6.28. The minimum Gasteiger partial charge on any atom is -0.439 e. The van der Waals surface area contributed by atoms with Crippen molar-refractivity contribution in [3.63, 3.8) is 0 Å². The maximum absolute atomic E-state index is 12.6. The van der Waals surface area contributed by atoms with Gasteiger partial charge < -0.3 is 20.1 Å². The number of carbonyl (C=O) groups is 1. The molecule has 2 N–H and O–H groups in total. The summed E-state index contributed by atoms with van der Waals surface area (Å²) >= 11 is 5.85. The van der Waals surface area contributed by atoms with Crippen molar-refractivity contribution in [2.45, 2.75) is 18.4 Å². The number of hydrogen-bond donors (Lipinski definition) is 2. The fourth-order valence-electron chi connectivity index (χ4n) is 2.74. The van der Waals surface area contributed by atoms with Crippen LogP contribution < -0.4 is 15.4 Å². The van der Waals surface area contributed by atoms with Crippen molar-refractivity contribution in [3.8, 4) is 11.6 Å². The van der Waals surface area contributed by atoms with Gasteiger partial charge in [-0.15, -0.1) is 0 Å². The van der Waals surface area contributed by atoms with E-state index >= 15 is 0 Å². The first-order valence-corrected chi connectivity index (χ1v) is 8.46. The lowest BCUT2D eigenvalue weighted by Gasteiger charge is -2.34. The predicted octanol–water partition coefficient (Wildman–Crippen LogP) is 3.23. The minimum atomic E-state index is -0.788. The van der Waals surface area contributed by atoms with Crippen molar-refractivity contribution in [3.05, 3.63) is 47.6 Å². The highest BCUT2D eigenvalue weighted by Crippen LogP contribution is 2.26. The zero-order valence-electron chi connectivity index (χ0n) is 13.9. The molecule has 1 aliphatic heterocycles. The molecule has 0 aliphatic carbocycles. The fourth-order valence-corrected chi connectivity index (χ4v) is 2.86. The van der Waals surface area contributed by atoms with Crippen LogP contribution in [0.25, 0.3) is 0 Å². The van der Waals surface area contributed by atoms with E-state index in [1.807, 2.05) is 0 Å². The van der Waals surface area contributed by atoms with E-state index in [2.05, 4.69) is 15.6 Å². The summed E-state index contributed by atoms with van der Waals surface area (Å²) in [4.78, 5) is 16.8. The first kappa shape index (κ1) is 17.7. The van der Waals surface area contributed by atoms with Crippen molar-refractivity contribution in [2.75, 3.05) is 25.5 Å². The molecule has 0 unspecified atom stereocenters. The second kappa shape index (κ2) is 7.82. The first-order chi connectivity index (χ1) is 12.1. The number of amides is 1. The third kappa shape index (κ3) is 4.28. The van der Waals surface area contributed by atoms with Crippen LogP contribution in [0.3, 0.4) is 0 Å². The second-order valence-electron chi connectivity index (χ2n) is 5.84. The quantitative estimate of drug-likeness (QED) is 0.855. The number of aromatic nitrogens is 1. The molecule has 2 heterocycles. The van der Waals surface area contributed by atoms with E-state index in [-0.39, 0.29) is 5.91 Å². The Kier molecular flexibility index (Phi) is 5.53. The van der Waals surface area contributed by atoms with Crippen LogP contribution in [0.15, 0.2) is 42.6 Å². The Balaban J connectivity index is 1.63. The number of nitrogens with one attached hydrogen (secondary N) is 2. The van der Waals surface area contributed by atoms with Gasteiger partial charge in [0.1, 0.15) is 11.4 Å². The van der Waals surface area contributed by atoms with E-state index < -0.39 is 5.60 Å². The zero-order valence-corrected chi connectivity index (χ0v) is 14.7. The number of anilines is 1. The number of rotatable bonds is 5. The van der Waals surface area contributed by atoms with Gasteiger partial charge in [0.05, 0.1) is 11.9 Å². The standard InChI is InChI=1S/C18H20ClN3O3/c1-24-18(8-10-20-11-9-18)17(23)22-14-4-7-16(21-12-14)25-15-5-2-13(19)3-6-15/h2-7,12,20H,8-11H2,1H3,(H,22,23). The Bertz CT molecular complexity index is 713. The highest BCUT2D eigenvalue weighted by molar-refractivity contribution is 6.30. The van der Waals surface area contributed by atoms with Crippen LogP contribution in [0.5, 0.6) is 11.6 Å². The molecular formula is C18H20ClN3O3. The highest BCUT2D eigenvalue weighted by Gasteiger charge is 2.39. The Morgan fingerprint density at radius 3 is 2.52 bits per heavy atom. The lowest BCUT2D eigenvalue weighted by atomic mass is 9.91. The molecule has 0 radical (unpaired) electrons. The van der Waals surface area contributed by atoms with Crippen LogP contribution in [0.2, 0.25) is 5.02 Å². The van der Waals surface area contributed by atoms with Gasteiger partial charge in [-0.3, -0.25) is 4.79 Å². The van der Waals surface area contributed by atoms with Crippen LogP contribution >= 0.6 is 11.6 Å². The largest absolute Gasteiger partial charge is 0.439 e. The van der Waals surface area contributed by atoms with Gasteiger partial charge in [-0.25, -0.2) is 4.98 Å². The van der Waals surface area contributed by atoms with Gasteiger partial charge in [0.2, 0.25) is 5.88 Å². The predicted molar refractivity (Wildman–Crippen MR) is 96.2 cm³/mol. The average Bonchev–Trinajstić information content (AvgIpc) is 2.65. The molecule has 132 valence electrons. The summed E-state index contributed by atoms with van der Waals surface area (Å²) in [7, 11) is 1.58. The highest BCUT2D eigenvalue weighted by atomic mass is 35.5. The number of hydrogen-bond acceptors (Lipinski definition) is 5. The van der Waals surface area contributed by atoms with Crippen molar-refractivity contribution in [1.29, 1.82) is 0 Å². The normalized spacial score (nSPS) is 16.2. The molecule has 3 rings (SSSR count). The lowest BCUT2D eigenvalue weighted by Crippen LogP contribution is -2.51. The maximum atomic E-state index is 12.6. The van der Waals surface area contributed by atoms with Gasteiger partial charge in [-0.1, -0.05) is 11.6 Å². The van der Waals surface area contributed by atoms with Crippen molar-refractivity contribution in [1.82, 2.24) is 10.3 Å². The van der Waals surface area contributed by atoms with Crippen molar-refractivity contribution < 1.29 is 14.3 Å². The molecule has 1 saturated heterocycles. The van der Waals surface area contributed by atoms with E-state index in [1.54, 1.807) is 49.7 Å². The van der Waals surface area contributed by atoms with E-state index in [9.17, 15) is 4.79 Å². The van der Waals surface area contributed by atoms with E-state index in [0.717, 1.165) is 13.1 Å². The Hall–Kier alpha value is -2.15. The Morgan fingerprint density at radius 2 is 1.92 bits per heavy atom. The molecule has 1 fully saturated rings. The number of halogens is 1. The molecule has 1 amide bonds. The topological polar surface area (TPSA) is 72.5 Å². The number of ether oxygens (including phenoxy) is 2. The fraction of sp³-hybridized carbons (Fsp3) is 0.333. The van der Waals surface area contributed by atoms with E-state index in [1.165, 1.54) is 0 Å². The molecule has 7 heteroatoms. The number of piperidine rings is 1. The summed E-state index contributed by atoms with van der Waals surface area (Å²) in [6, 6.07) is 10.5. The summed E-state index contributed by atoms with van der Waals surface area (Å²) in [5.41, 5.74) is -0.188. The van der Waals surface area contributed by atoms with Gasteiger partial charge in [0.15, 0.2) is 0 Å². The molecule has 0 spiro atoms. The van der Waals surface area contributed by atoms with Gasteiger partial charge in [0.25, 0.3) is 5.91 Å². The average molecular weight is 362 g/mol. The molecule has 2 aromatic rings. The monoisotopic (exact) mass is 361 g/mol. The van der Waals surface area contributed by atoms with E-state index in [0.29, 0.717) is 35.2 Å². The smallest absolute Gasteiger partial charge is 0.256 e. The van der Waals surface area contributed by atoms with Crippen LogP contribution in [0.4, 0.5) is 5.69 Å². The van der Waals surface area contributed by atoms with E-state index in [4.69, 9.17) is 21.1 Å². The third-order valence-electron chi connectivity index (χ3n) is 4.25. The van der Waals surface area contributed by atoms with Crippen LogP contribution in [-0.4, -0.2) is 36.7 Å². The minimum absolute atomic E-state index is 0.148. The summed E-state index contributed by atoms with van der Waals surface area (Å²) in [6.45, 7) is 1.51. The summed E-state index contributed by atoms with van der Waals surface area (Å²) in [5, 5.41) is 6.75. The van der Waals surface area contributed by atoms with Crippen molar-refractivity contribution in [2.24, 2.45) is 0 Å². The Labute approximate surface area is 151 Å². The first-order valence-electron chi connectivity index (χ1n) is 8.08. The molecule has 1 aromatic heterocycles. The van der Waals surface area contributed by atoms with Gasteiger partial charge >= 0.3 is 0 Å². The molecule has 0 atom stereocenters. The Morgan fingerprint density at radius 1 is 1.20 bits per heavy atom. The van der Waals surface area contributed by atoms with Crippen LogP contribution in [0, 0.1) is 0 Å². The third-order valence-corrected chi connectivity index (χ3v) is 4.50. The summed E-state index contributed by atoms with van der Waals surface area (Å²) < 4.78 is 11.2. The number of methoxy groups -OCH3 is 1. The number of benzene rings is 1. The van der Waals surface area contributed by atoms with Gasteiger partial charge in [-0.05, 0) is 56.3 Å². The van der Waals surface area contributed by atoms with Crippen molar-refractivity contribution >= 4 is 23.2 Å². The van der Waals surface area contributed by atoms with Gasteiger partial charge in [0, 0.05) is 18.2 Å². The molecular weight excluding hydrogens is 342 g/mol. The summed E-state index contributed by atoms with van der Waals surface area (Å²) in [6.07, 6.45) is 2.84. The zero-order chi connectivity index (χ0) is 17.7. The lowest BCUT2D eigenvalue weighted by molar-refractivity contribution is -0.140. The van der Waals surface area contributed by atoms with Gasteiger partial charge in [-0.2, -0.15) is 0 Å². The number of carbonyl (C=O) groups excluding carboxylic acids is 1. The molecule has 0 saturated carbocycles. The van der Waals surface area contributed by atoms with Crippen LogP contribution in [-0.2, 0) is 9.53 Å². The molecule has 0 bridgehead atoms. The number of nitrogens with zero attached hydrogens (tertiary/aromatic N) is 1. The molecule has 25 heavy (non-hydrogen) atoms. The molecule has 1 aromatic carbocycles. The summed E-state index contributed by atoms with van der Waals surface area (Å²) in [5.74, 6) is 0.926. The molecule has 1 aliphatic rings. The number of pyridine rings is 1. The van der Waals surface area contributed by atoms with Crippen LogP contribution in [0.1, 0.15) is 12.8 Å². The SMILES string of the molecule is COC1(C(=O)Nc2ccc(Oc3ccc(Cl)cc3)nc2)CCNCC1. The molecule has 6 nitrogen and oxygen atoms in total. The maximum Gasteiger partial charge on any atom is 0.256 e.